The van der Waals surface area contributed by atoms with E-state index in [2.05, 4.69) is 0 Å². The van der Waals surface area contributed by atoms with E-state index in [9.17, 15) is 14.9 Å². The number of nitrogens with zero attached hydrogens (tertiary/aromatic N) is 1. The summed E-state index contributed by atoms with van der Waals surface area (Å²) in [5.41, 5.74) is -0.0679. The SMILES string of the molecule is O=C(COc1cccc([N+](=O)[O-])c1)OC1CCCC1. The number of carbonyl (C=O) groups excluding carboxylic acids is 1. The lowest BCUT2D eigenvalue weighted by atomic mass is 10.3. The van der Waals surface area contributed by atoms with Crippen LogP contribution in [0.4, 0.5) is 5.69 Å². The molecule has 1 aromatic carbocycles. The summed E-state index contributed by atoms with van der Waals surface area (Å²) < 4.78 is 10.4. The number of carbonyl (C=O) groups is 1. The lowest BCUT2D eigenvalue weighted by Gasteiger charge is -2.11. The molecule has 2 rings (SSSR count). The maximum Gasteiger partial charge on any atom is 0.344 e. The van der Waals surface area contributed by atoms with Crippen molar-refractivity contribution in [3.8, 4) is 5.75 Å². The molecule has 0 aromatic heterocycles. The lowest BCUT2D eigenvalue weighted by Crippen LogP contribution is -2.20. The minimum Gasteiger partial charge on any atom is -0.482 e. The van der Waals surface area contributed by atoms with E-state index in [0.717, 1.165) is 25.7 Å². The van der Waals surface area contributed by atoms with Gasteiger partial charge in [-0.3, -0.25) is 10.1 Å². The quantitative estimate of drug-likeness (QED) is 0.464. The molecule has 1 fully saturated rings. The van der Waals surface area contributed by atoms with Gasteiger partial charge >= 0.3 is 5.97 Å². The van der Waals surface area contributed by atoms with Gasteiger partial charge in [-0.25, -0.2) is 4.79 Å². The van der Waals surface area contributed by atoms with Crippen molar-refractivity contribution in [3.05, 3.63) is 34.4 Å². The number of rotatable bonds is 5. The van der Waals surface area contributed by atoms with Crippen LogP contribution in [0.25, 0.3) is 0 Å². The summed E-state index contributed by atoms with van der Waals surface area (Å²) in [6, 6.07) is 5.72. The van der Waals surface area contributed by atoms with Gasteiger partial charge in [0.1, 0.15) is 11.9 Å². The fourth-order valence-electron chi connectivity index (χ4n) is 2.06. The third kappa shape index (κ3) is 3.94. The van der Waals surface area contributed by atoms with Crippen LogP contribution in [0.1, 0.15) is 25.7 Å². The van der Waals surface area contributed by atoms with Gasteiger partial charge in [-0.15, -0.1) is 0 Å². The zero-order valence-corrected chi connectivity index (χ0v) is 10.4. The molecule has 1 aromatic rings. The summed E-state index contributed by atoms with van der Waals surface area (Å²) in [6.07, 6.45) is 3.99. The Bertz CT molecular complexity index is 468. The molecule has 102 valence electrons. The van der Waals surface area contributed by atoms with Gasteiger partial charge in [0.15, 0.2) is 6.61 Å². The van der Waals surface area contributed by atoms with Crippen LogP contribution in [-0.2, 0) is 9.53 Å². The number of nitro benzene ring substituents is 1. The Hall–Kier alpha value is -2.11. The van der Waals surface area contributed by atoms with Gasteiger partial charge in [0.05, 0.1) is 11.0 Å². The molecule has 0 N–H and O–H groups in total. The molecule has 6 heteroatoms. The second-order valence-corrected chi connectivity index (χ2v) is 4.44. The number of esters is 1. The van der Waals surface area contributed by atoms with Crippen molar-refractivity contribution < 1.29 is 19.2 Å². The Morgan fingerprint density at radius 1 is 1.37 bits per heavy atom. The Balaban J connectivity index is 1.82. The van der Waals surface area contributed by atoms with Crippen molar-refractivity contribution in [1.29, 1.82) is 0 Å². The second-order valence-electron chi connectivity index (χ2n) is 4.44. The molecule has 0 unspecified atom stereocenters. The highest BCUT2D eigenvalue weighted by Gasteiger charge is 2.19. The van der Waals surface area contributed by atoms with E-state index in [0.29, 0.717) is 0 Å². The van der Waals surface area contributed by atoms with Crippen LogP contribution >= 0.6 is 0 Å². The van der Waals surface area contributed by atoms with Gasteiger partial charge in [-0.2, -0.15) is 0 Å². The molecule has 19 heavy (non-hydrogen) atoms. The summed E-state index contributed by atoms with van der Waals surface area (Å²) >= 11 is 0. The van der Waals surface area contributed by atoms with Crippen LogP contribution in [0.15, 0.2) is 24.3 Å². The topological polar surface area (TPSA) is 78.7 Å². The summed E-state index contributed by atoms with van der Waals surface area (Å²) in [5.74, 6) is -0.143. The number of non-ortho nitro benzene ring substituents is 1. The van der Waals surface area contributed by atoms with E-state index in [1.807, 2.05) is 0 Å². The summed E-state index contributed by atoms with van der Waals surface area (Å²) in [4.78, 5) is 21.6. The minimum absolute atomic E-state index is 0.00112. The first-order chi connectivity index (χ1) is 9.15. The van der Waals surface area contributed by atoms with Crippen molar-refractivity contribution in [3.63, 3.8) is 0 Å². The van der Waals surface area contributed by atoms with Crippen molar-refractivity contribution in [2.45, 2.75) is 31.8 Å². The molecule has 6 nitrogen and oxygen atoms in total. The van der Waals surface area contributed by atoms with E-state index in [1.165, 1.54) is 18.2 Å². The lowest BCUT2D eigenvalue weighted by molar-refractivity contribution is -0.384. The summed E-state index contributed by atoms with van der Waals surface area (Å²) in [6.45, 7) is -0.225. The number of nitro groups is 1. The highest BCUT2D eigenvalue weighted by Crippen LogP contribution is 2.22. The maximum absolute atomic E-state index is 11.5. The Morgan fingerprint density at radius 3 is 2.79 bits per heavy atom. The van der Waals surface area contributed by atoms with Crippen LogP contribution < -0.4 is 4.74 Å². The number of hydrogen-bond acceptors (Lipinski definition) is 5. The zero-order chi connectivity index (χ0) is 13.7. The standard InChI is InChI=1S/C13H15NO5/c15-13(19-11-5-1-2-6-11)9-18-12-7-3-4-10(8-12)14(16)17/h3-4,7-8,11H,1-2,5-6,9H2. The van der Waals surface area contributed by atoms with Gasteiger partial charge in [0, 0.05) is 6.07 Å². The molecule has 0 bridgehead atoms. The Labute approximate surface area is 110 Å². The van der Waals surface area contributed by atoms with Gasteiger partial charge in [0.25, 0.3) is 5.69 Å². The molecule has 0 saturated heterocycles. The first kappa shape index (κ1) is 13.3. The zero-order valence-electron chi connectivity index (χ0n) is 10.4. The first-order valence-corrected chi connectivity index (χ1v) is 6.22. The highest BCUT2D eigenvalue weighted by molar-refractivity contribution is 5.71. The first-order valence-electron chi connectivity index (χ1n) is 6.22. The van der Waals surface area contributed by atoms with Crippen LogP contribution in [0.3, 0.4) is 0 Å². The second kappa shape index (κ2) is 6.17. The predicted octanol–water partition coefficient (Wildman–Crippen LogP) is 2.46. The Morgan fingerprint density at radius 2 is 2.11 bits per heavy atom. The normalized spacial score (nSPS) is 15.2. The van der Waals surface area contributed by atoms with E-state index in [-0.39, 0.29) is 24.1 Å². The van der Waals surface area contributed by atoms with Crippen molar-refractivity contribution >= 4 is 11.7 Å². The molecule has 0 heterocycles. The fraction of sp³-hybridized carbons (Fsp3) is 0.462. The molecule has 1 aliphatic carbocycles. The average molecular weight is 265 g/mol. The van der Waals surface area contributed by atoms with Crippen LogP contribution in [0, 0.1) is 10.1 Å². The van der Waals surface area contributed by atoms with Crippen LogP contribution in [0.2, 0.25) is 0 Å². The van der Waals surface area contributed by atoms with Gasteiger partial charge in [0.2, 0.25) is 0 Å². The number of benzene rings is 1. The van der Waals surface area contributed by atoms with Crippen LogP contribution in [-0.4, -0.2) is 23.6 Å². The molecular formula is C13H15NO5. The fourth-order valence-corrected chi connectivity index (χ4v) is 2.06. The minimum atomic E-state index is -0.510. The van der Waals surface area contributed by atoms with Crippen molar-refractivity contribution in [1.82, 2.24) is 0 Å². The van der Waals surface area contributed by atoms with Gasteiger partial charge < -0.3 is 9.47 Å². The average Bonchev–Trinajstić information content (AvgIpc) is 2.89. The maximum atomic E-state index is 11.5. The molecular weight excluding hydrogens is 250 g/mol. The largest absolute Gasteiger partial charge is 0.482 e. The van der Waals surface area contributed by atoms with E-state index in [4.69, 9.17) is 9.47 Å². The molecule has 0 aliphatic heterocycles. The van der Waals surface area contributed by atoms with E-state index < -0.39 is 10.9 Å². The molecule has 1 saturated carbocycles. The summed E-state index contributed by atoms with van der Waals surface area (Å²) in [7, 11) is 0. The predicted molar refractivity (Wildman–Crippen MR) is 66.9 cm³/mol. The molecule has 1 aliphatic rings. The molecule has 0 spiro atoms. The molecule has 0 radical (unpaired) electrons. The molecule has 0 atom stereocenters. The van der Waals surface area contributed by atoms with Gasteiger partial charge in [-0.1, -0.05) is 6.07 Å². The third-order valence-corrected chi connectivity index (χ3v) is 2.99. The van der Waals surface area contributed by atoms with Crippen LogP contribution in [0.5, 0.6) is 5.75 Å². The number of hydrogen-bond donors (Lipinski definition) is 0. The molecule has 0 amide bonds. The van der Waals surface area contributed by atoms with E-state index >= 15 is 0 Å². The smallest absolute Gasteiger partial charge is 0.344 e. The Kier molecular flexibility index (Phi) is 4.33. The summed E-state index contributed by atoms with van der Waals surface area (Å²) in [5, 5.41) is 10.6. The number of ether oxygens (including phenoxy) is 2. The van der Waals surface area contributed by atoms with Crippen molar-refractivity contribution in [2.24, 2.45) is 0 Å². The van der Waals surface area contributed by atoms with Crippen molar-refractivity contribution in [2.75, 3.05) is 6.61 Å². The highest BCUT2D eigenvalue weighted by atomic mass is 16.6. The van der Waals surface area contributed by atoms with Gasteiger partial charge in [-0.05, 0) is 31.7 Å². The van der Waals surface area contributed by atoms with E-state index in [1.54, 1.807) is 6.07 Å². The monoisotopic (exact) mass is 265 g/mol. The third-order valence-electron chi connectivity index (χ3n) is 2.99.